The fourth-order valence-electron chi connectivity index (χ4n) is 3.00. The van der Waals surface area contributed by atoms with Crippen molar-refractivity contribution in [1.82, 2.24) is 0 Å². The van der Waals surface area contributed by atoms with E-state index in [9.17, 15) is 9.59 Å². The molecule has 0 aliphatic heterocycles. The van der Waals surface area contributed by atoms with Gasteiger partial charge in [0.15, 0.2) is 0 Å². The molecule has 0 spiro atoms. The molecule has 0 saturated carbocycles. The Labute approximate surface area is 138 Å². The summed E-state index contributed by atoms with van der Waals surface area (Å²) in [4.78, 5) is 22.9. The lowest BCUT2D eigenvalue weighted by atomic mass is 9.79. The molecule has 0 saturated heterocycles. The number of benzene rings is 1. The molecule has 1 N–H and O–H groups in total. The van der Waals surface area contributed by atoms with Gasteiger partial charge in [0.05, 0.1) is 12.8 Å². The molecule has 4 nitrogen and oxygen atoms in total. The minimum absolute atomic E-state index is 0.0971. The van der Waals surface area contributed by atoms with Gasteiger partial charge in [-0.15, -0.1) is 0 Å². The Bertz CT molecular complexity index is 495. The zero-order chi connectivity index (χ0) is 17.5. The second kappa shape index (κ2) is 8.70. The van der Waals surface area contributed by atoms with Crippen molar-refractivity contribution >= 4 is 11.9 Å². The molecule has 23 heavy (non-hydrogen) atoms. The lowest BCUT2D eigenvalue weighted by Gasteiger charge is -2.37. The van der Waals surface area contributed by atoms with Crippen molar-refractivity contribution in [3.8, 4) is 0 Å². The van der Waals surface area contributed by atoms with Crippen molar-refractivity contribution in [1.29, 1.82) is 0 Å². The number of esters is 1. The number of carbonyl (C=O) groups is 2. The van der Waals surface area contributed by atoms with E-state index in [1.54, 1.807) is 0 Å². The Morgan fingerprint density at radius 3 is 1.96 bits per heavy atom. The molecule has 1 rings (SSSR count). The average Bonchev–Trinajstić information content (AvgIpc) is 2.44. The van der Waals surface area contributed by atoms with Crippen molar-refractivity contribution in [2.24, 2.45) is 11.8 Å². The fourth-order valence-corrected chi connectivity index (χ4v) is 3.00. The van der Waals surface area contributed by atoms with Crippen LogP contribution in [-0.2, 0) is 19.9 Å². The summed E-state index contributed by atoms with van der Waals surface area (Å²) >= 11 is 0. The van der Waals surface area contributed by atoms with Crippen LogP contribution in [0.15, 0.2) is 30.3 Å². The molecule has 0 aliphatic carbocycles. The highest BCUT2D eigenvalue weighted by atomic mass is 16.6. The van der Waals surface area contributed by atoms with Gasteiger partial charge in [0.2, 0.25) is 0 Å². The molecule has 0 radical (unpaired) electrons. The molecule has 0 fully saturated rings. The van der Waals surface area contributed by atoms with Crippen LogP contribution in [0, 0.1) is 11.8 Å². The Morgan fingerprint density at radius 1 is 1.00 bits per heavy atom. The molecule has 1 aromatic rings. The van der Waals surface area contributed by atoms with Crippen molar-refractivity contribution in [3.63, 3.8) is 0 Å². The third-order valence-electron chi connectivity index (χ3n) is 3.63. The minimum Gasteiger partial charge on any atom is -0.481 e. The van der Waals surface area contributed by atoms with Crippen LogP contribution in [0.1, 0.15) is 58.9 Å². The van der Waals surface area contributed by atoms with Crippen LogP contribution in [0.5, 0.6) is 0 Å². The van der Waals surface area contributed by atoms with Crippen LogP contribution < -0.4 is 0 Å². The number of carboxylic acids is 1. The molecule has 4 heteroatoms. The average molecular weight is 320 g/mol. The van der Waals surface area contributed by atoms with Crippen molar-refractivity contribution in [3.05, 3.63) is 35.9 Å². The second-order valence-corrected chi connectivity index (χ2v) is 6.92. The van der Waals surface area contributed by atoms with Crippen LogP contribution in [0.2, 0.25) is 0 Å². The van der Waals surface area contributed by atoms with Gasteiger partial charge in [-0.25, -0.2) is 0 Å². The summed E-state index contributed by atoms with van der Waals surface area (Å²) in [5.41, 5.74) is 0.283. The second-order valence-electron chi connectivity index (χ2n) is 6.92. The lowest BCUT2D eigenvalue weighted by molar-refractivity contribution is -0.167. The van der Waals surface area contributed by atoms with Gasteiger partial charge in [-0.05, 0) is 30.2 Å². The third kappa shape index (κ3) is 6.43. The number of aliphatic carboxylic acids is 1. The Balaban J connectivity index is 3.10. The number of hydrogen-bond acceptors (Lipinski definition) is 3. The van der Waals surface area contributed by atoms with E-state index in [1.807, 2.05) is 30.3 Å². The quantitative estimate of drug-likeness (QED) is 0.686. The summed E-state index contributed by atoms with van der Waals surface area (Å²) in [6.07, 6.45) is 1.13. The van der Waals surface area contributed by atoms with Crippen LogP contribution in [0.25, 0.3) is 0 Å². The van der Waals surface area contributed by atoms with Gasteiger partial charge in [0, 0.05) is 0 Å². The maximum absolute atomic E-state index is 12.2. The van der Waals surface area contributed by atoms with Gasteiger partial charge in [0.25, 0.3) is 0 Å². The Morgan fingerprint density at radius 2 is 1.52 bits per heavy atom. The van der Waals surface area contributed by atoms with Crippen molar-refractivity contribution < 1.29 is 19.4 Å². The zero-order valence-electron chi connectivity index (χ0n) is 14.5. The van der Waals surface area contributed by atoms with E-state index < -0.39 is 17.5 Å². The smallest absolute Gasteiger partial charge is 0.307 e. The molecule has 0 aliphatic rings. The first-order valence-corrected chi connectivity index (χ1v) is 8.24. The summed E-state index contributed by atoms with van der Waals surface area (Å²) < 4.78 is 5.89. The van der Waals surface area contributed by atoms with Gasteiger partial charge < -0.3 is 9.84 Å². The summed E-state index contributed by atoms with van der Waals surface area (Å²) in [7, 11) is 0. The molecule has 0 amide bonds. The predicted molar refractivity (Wildman–Crippen MR) is 90.0 cm³/mol. The van der Waals surface area contributed by atoms with E-state index in [1.165, 1.54) is 0 Å². The van der Waals surface area contributed by atoms with Crippen LogP contribution in [0.3, 0.4) is 0 Å². The summed E-state index contributed by atoms with van der Waals surface area (Å²) in [6, 6.07) is 9.78. The minimum atomic E-state index is -0.986. The van der Waals surface area contributed by atoms with Gasteiger partial charge in [-0.1, -0.05) is 58.0 Å². The number of ether oxygens (including phenoxy) is 1. The zero-order valence-corrected chi connectivity index (χ0v) is 14.5. The normalized spacial score (nSPS) is 11.7. The highest BCUT2D eigenvalue weighted by molar-refractivity contribution is 5.76. The molecule has 0 heterocycles. The van der Waals surface area contributed by atoms with Crippen LogP contribution in [0.4, 0.5) is 0 Å². The first kappa shape index (κ1) is 19.2. The monoisotopic (exact) mass is 320 g/mol. The lowest BCUT2D eigenvalue weighted by Crippen LogP contribution is -2.35. The highest BCUT2D eigenvalue weighted by Gasteiger charge is 2.37. The molecule has 0 aromatic heterocycles. The molecule has 1 aromatic carbocycles. The van der Waals surface area contributed by atoms with Gasteiger partial charge in [-0.3, -0.25) is 9.59 Å². The maximum Gasteiger partial charge on any atom is 0.307 e. The first-order valence-electron chi connectivity index (χ1n) is 8.24. The van der Waals surface area contributed by atoms with E-state index in [-0.39, 0.29) is 12.8 Å². The largest absolute Gasteiger partial charge is 0.481 e. The number of carboxylic acid groups (broad SMARTS) is 1. The molecular formula is C19H28O4. The first-order chi connectivity index (χ1) is 10.7. The van der Waals surface area contributed by atoms with Gasteiger partial charge in [0.1, 0.15) is 5.60 Å². The molecule has 128 valence electrons. The number of carbonyl (C=O) groups excluding carboxylic acids is 1. The van der Waals surface area contributed by atoms with Crippen LogP contribution in [-0.4, -0.2) is 17.0 Å². The fraction of sp³-hybridized carbons (Fsp3) is 0.579. The highest BCUT2D eigenvalue weighted by Crippen LogP contribution is 2.39. The molecule has 0 atom stereocenters. The molecule has 0 bridgehead atoms. The van der Waals surface area contributed by atoms with E-state index >= 15 is 0 Å². The standard InChI is InChI=1S/C19H28O4/c1-14(2)12-19(13-15(3)4,16-8-6-5-7-9-16)23-18(22)11-10-17(20)21/h5-9,14-15H,10-13H2,1-4H3,(H,20,21). The van der Waals surface area contributed by atoms with Crippen molar-refractivity contribution in [2.45, 2.75) is 59.0 Å². The van der Waals surface area contributed by atoms with E-state index in [0.29, 0.717) is 24.7 Å². The Kier molecular flexibility index (Phi) is 7.27. The van der Waals surface area contributed by atoms with E-state index in [4.69, 9.17) is 9.84 Å². The molecule has 0 unspecified atom stereocenters. The third-order valence-corrected chi connectivity index (χ3v) is 3.63. The van der Waals surface area contributed by atoms with Crippen LogP contribution >= 0.6 is 0 Å². The molecular weight excluding hydrogens is 292 g/mol. The summed E-state index contributed by atoms with van der Waals surface area (Å²) in [5, 5.41) is 8.76. The van der Waals surface area contributed by atoms with Gasteiger partial charge in [-0.2, -0.15) is 0 Å². The van der Waals surface area contributed by atoms with Crippen molar-refractivity contribution in [2.75, 3.05) is 0 Å². The SMILES string of the molecule is CC(C)CC(CC(C)C)(OC(=O)CCC(=O)O)c1ccccc1. The summed E-state index contributed by atoms with van der Waals surface area (Å²) in [6.45, 7) is 8.40. The maximum atomic E-state index is 12.2. The Hall–Kier alpha value is -1.84. The topological polar surface area (TPSA) is 63.6 Å². The predicted octanol–water partition coefficient (Wildman–Crippen LogP) is 4.38. The van der Waals surface area contributed by atoms with Gasteiger partial charge >= 0.3 is 11.9 Å². The summed E-state index contributed by atoms with van der Waals surface area (Å²) in [5.74, 6) is -0.736. The van der Waals surface area contributed by atoms with E-state index in [2.05, 4.69) is 27.7 Å². The number of rotatable bonds is 9. The van der Waals surface area contributed by atoms with E-state index in [0.717, 1.165) is 5.56 Å². The number of hydrogen-bond donors (Lipinski definition) is 1.